The number of esters is 1. The van der Waals surface area contributed by atoms with Crippen LogP contribution in [-0.4, -0.2) is 65.6 Å². The molecule has 1 aromatic rings. The zero-order valence-corrected chi connectivity index (χ0v) is 18.0. The molecule has 2 amide bonds. The Kier molecular flexibility index (Phi) is 6.39. The van der Waals surface area contributed by atoms with Crippen molar-refractivity contribution in [3.8, 4) is 0 Å². The van der Waals surface area contributed by atoms with Gasteiger partial charge in [0, 0.05) is 30.1 Å². The summed E-state index contributed by atoms with van der Waals surface area (Å²) < 4.78 is 4.83. The number of benzene rings is 1. The molecule has 166 valence electrons. The third kappa shape index (κ3) is 4.23. The van der Waals surface area contributed by atoms with Crippen LogP contribution in [0.4, 0.5) is 0 Å². The smallest absolute Gasteiger partial charge is 0.328 e. The third-order valence-electron chi connectivity index (χ3n) is 6.94. The highest BCUT2D eigenvalue weighted by atomic mass is 16.5. The van der Waals surface area contributed by atoms with Crippen LogP contribution in [0.2, 0.25) is 0 Å². The molecule has 3 fully saturated rings. The Hall–Kier alpha value is -2.70. The van der Waals surface area contributed by atoms with E-state index >= 15 is 0 Å². The average Bonchev–Trinajstić information content (AvgIpc) is 3.57. The number of nitrogens with zero attached hydrogens (tertiary/aromatic N) is 2. The largest absolute Gasteiger partial charge is 0.467 e. The van der Waals surface area contributed by atoms with Crippen LogP contribution in [0, 0.1) is 5.92 Å². The summed E-state index contributed by atoms with van der Waals surface area (Å²) in [4.78, 5) is 54.5. The van der Waals surface area contributed by atoms with Crippen molar-refractivity contribution >= 4 is 23.6 Å². The van der Waals surface area contributed by atoms with Gasteiger partial charge in [-0.2, -0.15) is 0 Å². The number of amides is 2. The quantitative estimate of drug-likeness (QED) is 0.676. The molecule has 1 aromatic carbocycles. The van der Waals surface area contributed by atoms with Gasteiger partial charge in [-0.25, -0.2) is 4.79 Å². The minimum absolute atomic E-state index is 0.0803. The fourth-order valence-corrected chi connectivity index (χ4v) is 5.30. The van der Waals surface area contributed by atoms with E-state index in [9.17, 15) is 19.2 Å². The number of ether oxygens (including phenoxy) is 1. The molecule has 0 spiro atoms. The lowest BCUT2D eigenvalue weighted by atomic mass is 9.95. The fraction of sp³-hybridized carbons (Fsp3) is 0.583. The predicted molar refractivity (Wildman–Crippen MR) is 114 cm³/mol. The molecule has 0 radical (unpaired) electrons. The van der Waals surface area contributed by atoms with Crippen molar-refractivity contribution in [3.05, 3.63) is 35.4 Å². The Balaban J connectivity index is 1.51. The van der Waals surface area contributed by atoms with Gasteiger partial charge in [0.25, 0.3) is 11.8 Å². The number of hydrogen-bond donors (Lipinski definition) is 0. The first-order chi connectivity index (χ1) is 15.0. The first-order valence-corrected chi connectivity index (χ1v) is 11.3. The number of likely N-dealkylation sites (tertiary alicyclic amines) is 2. The minimum atomic E-state index is -0.580. The number of methoxy groups -OCH3 is 1. The maximum atomic E-state index is 13.3. The number of carbonyl (C=O) groups excluding carboxylic acids is 4. The molecule has 0 unspecified atom stereocenters. The SMILES string of the molecule is COC(=O)[C@@H]1CCCN1C(=O)c1cccc(C(=O)N2CCC[C@H]2C(=O)C2CCCC2)c1. The molecule has 1 saturated carbocycles. The second-order valence-corrected chi connectivity index (χ2v) is 8.80. The van der Waals surface area contributed by atoms with E-state index in [-0.39, 0.29) is 29.6 Å². The van der Waals surface area contributed by atoms with Gasteiger partial charge >= 0.3 is 5.97 Å². The van der Waals surface area contributed by atoms with E-state index in [4.69, 9.17) is 4.74 Å². The van der Waals surface area contributed by atoms with Crippen molar-refractivity contribution < 1.29 is 23.9 Å². The molecule has 0 N–H and O–H groups in total. The number of carbonyl (C=O) groups is 4. The van der Waals surface area contributed by atoms with Crippen LogP contribution in [0.15, 0.2) is 24.3 Å². The lowest BCUT2D eigenvalue weighted by Crippen LogP contribution is -2.43. The molecule has 2 saturated heterocycles. The van der Waals surface area contributed by atoms with Crippen LogP contribution in [0.25, 0.3) is 0 Å². The molecule has 31 heavy (non-hydrogen) atoms. The van der Waals surface area contributed by atoms with E-state index in [2.05, 4.69) is 0 Å². The third-order valence-corrected chi connectivity index (χ3v) is 6.94. The normalized spacial score (nSPS) is 23.9. The molecule has 3 aliphatic rings. The van der Waals surface area contributed by atoms with Crippen LogP contribution in [-0.2, 0) is 14.3 Å². The van der Waals surface area contributed by atoms with E-state index in [0.29, 0.717) is 37.1 Å². The van der Waals surface area contributed by atoms with Gasteiger partial charge < -0.3 is 14.5 Å². The van der Waals surface area contributed by atoms with Crippen LogP contribution >= 0.6 is 0 Å². The highest BCUT2D eigenvalue weighted by Gasteiger charge is 2.39. The second-order valence-electron chi connectivity index (χ2n) is 8.80. The molecule has 7 heteroatoms. The Morgan fingerprint density at radius 2 is 1.35 bits per heavy atom. The topological polar surface area (TPSA) is 84.0 Å². The van der Waals surface area contributed by atoms with E-state index in [1.807, 2.05) is 0 Å². The Morgan fingerprint density at radius 3 is 1.94 bits per heavy atom. The van der Waals surface area contributed by atoms with Gasteiger partial charge in [0.2, 0.25) is 0 Å². The Labute approximate surface area is 182 Å². The van der Waals surface area contributed by atoms with Gasteiger partial charge in [-0.1, -0.05) is 18.9 Å². The summed E-state index contributed by atoms with van der Waals surface area (Å²) in [6, 6.07) is 5.70. The van der Waals surface area contributed by atoms with E-state index in [0.717, 1.165) is 38.5 Å². The molecule has 0 bridgehead atoms. The zero-order valence-electron chi connectivity index (χ0n) is 18.0. The molecule has 1 aliphatic carbocycles. The van der Waals surface area contributed by atoms with Crippen molar-refractivity contribution in [3.63, 3.8) is 0 Å². The summed E-state index contributed by atoms with van der Waals surface area (Å²) in [5.74, 6) is -0.606. The molecule has 2 atom stereocenters. The van der Waals surface area contributed by atoms with Crippen LogP contribution in [0.1, 0.15) is 72.1 Å². The van der Waals surface area contributed by atoms with E-state index in [1.54, 1.807) is 29.2 Å². The zero-order chi connectivity index (χ0) is 22.0. The lowest BCUT2D eigenvalue weighted by Gasteiger charge is -2.26. The number of hydrogen-bond acceptors (Lipinski definition) is 5. The second kappa shape index (κ2) is 9.20. The summed E-state index contributed by atoms with van der Waals surface area (Å²) in [5, 5.41) is 0. The molecule has 4 rings (SSSR count). The standard InChI is InChI=1S/C24H30N2O5/c1-31-24(30)20-12-6-14-26(20)23(29)18-10-4-9-17(15-18)22(28)25-13-5-11-19(25)21(27)16-7-2-3-8-16/h4,9-10,15-16,19-20H,2-3,5-8,11-14H2,1H3/t19-,20-/m0/s1. The molecule has 2 heterocycles. The maximum absolute atomic E-state index is 13.3. The molecule has 0 aromatic heterocycles. The summed E-state index contributed by atoms with van der Waals surface area (Å²) in [7, 11) is 1.32. The van der Waals surface area contributed by atoms with Gasteiger partial charge in [-0.3, -0.25) is 14.4 Å². The highest BCUT2D eigenvalue weighted by Crippen LogP contribution is 2.31. The van der Waals surface area contributed by atoms with Crippen LogP contribution in [0.5, 0.6) is 0 Å². The highest BCUT2D eigenvalue weighted by molar-refractivity contribution is 6.02. The fourth-order valence-electron chi connectivity index (χ4n) is 5.30. The number of rotatable bonds is 5. The van der Waals surface area contributed by atoms with Crippen molar-refractivity contribution in [1.29, 1.82) is 0 Å². The van der Waals surface area contributed by atoms with Gasteiger partial charge in [0.1, 0.15) is 6.04 Å². The first-order valence-electron chi connectivity index (χ1n) is 11.3. The first kappa shape index (κ1) is 21.5. The summed E-state index contributed by atoms with van der Waals surface area (Å²) in [6.45, 7) is 1.05. The van der Waals surface area contributed by atoms with Crippen molar-refractivity contribution in [2.24, 2.45) is 5.92 Å². The van der Waals surface area contributed by atoms with Crippen LogP contribution in [0.3, 0.4) is 0 Å². The summed E-state index contributed by atoms with van der Waals surface area (Å²) in [5.41, 5.74) is 0.783. The molecule has 2 aliphatic heterocycles. The van der Waals surface area contributed by atoms with Gasteiger partial charge in [-0.05, 0) is 56.7 Å². The minimum Gasteiger partial charge on any atom is -0.467 e. The van der Waals surface area contributed by atoms with Gasteiger partial charge in [0.05, 0.1) is 13.2 Å². The number of Topliss-reactive ketones (excluding diaryl/α,β-unsaturated/α-hetero) is 1. The maximum Gasteiger partial charge on any atom is 0.328 e. The Bertz CT molecular complexity index is 876. The van der Waals surface area contributed by atoms with E-state index < -0.39 is 12.0 Å². The van der Waals surface area contributed by atoms with Crippen molar-refractivity contribution in [2.45, 2.75) is 63.5 Å². The predicted octanol–water partition coefficient (Wildman–Crippen LogP) is 2.83. The van der Waals surface area contributed by atoms with Crippen molar-refractivity contribution in [1.82, 2.24) is 9.80 Å². The van der Waals surface area contributed by atoms with Crippen LogP contribution < -0.4 is 0 Å². The molecular formula is C24H30N2O5. The average molecular weight is 427 g/mol. The monoisotopic (exact) mass is 426 g/mol. The summed E-state index contributed by atoms with van der Waals surface area (Å²) in [6.07, 6.45) is 6.89. The summed E-state index contributed by atoms with van der Waals surface area (Å²) >= 11 is 0. The molecular weight excluding hydrogens is 396 g/mol. The number of ketones is 1. The van der Waals surface area contributed by atoms with Crippen molar-refractivity contribution in [2.75, 3.05) is 20.2 Å². The van der Waals surface area contributed by atoms with E-state index in [1.165, 1.54) is 12.0 Å². The Morgan fingerprint density at radius 1 is 0.806 bits per heavy atom. The van der Waals surface area contributed by atoms with Gasteiger partial charge in [-0.15, -0.1) is 0 Å². The lowest BCUT2D eigenvalue weighted by molar-refractivity contribution is -0.145. The van der Waals surface area contributed by atoms with Gasteiger partial charge in [0.15, 0.2) is 5.78 Å². The molecule has 7 nitrogen and oxygen atoms in total.